The Morgan fingerprint density at radius 2 is 1.76 bits per heavy atom. The average Bonchev–Trinajstić information content (AvgIpc) is 3.46. The predicted molar refractivity (Wildman–Crippen MR) is 151 cm³/mol. The summed E-state index contributed by atoms with van der Waals surface area (Å²) in [5, 5.41) is 8.73. The minimum Gasteiger partial charge on any atom is -0.756 e. The van der Waals surface area contributed by atoms with Gasteiger partial charge in [-0.25, -0.2) is 4.79 Å². The van der Waals surface area contributed by atoms with E-state index in [0.29, 0.717) is 18.1 Å². The lowest BCUT2D eigenvalue weighted by Crippen LogP contribution is -3.11. The highest BCUT2D eigenvalue weighted by molar-refractivity contribution is 8.00. The van der Waals surface area contributed by atoms with Crippen LogP contribution < -0.4 is 25.7 Å². The third-order valence-corrected chi connectivity index (χ3v) is 8.95. The van der Waals surface area contributed by atoms with Gasteiger partial charge in [-0.2, -0.15) is 11.8 Å². The maximum absolute atomic E-state index is 11.9. The molecular weight excluding hydrogens is 579 g/mol. The summed E-state index contributed by atoms with van der Waals surface area (Å²) < 4.78 is 30.7. The number of fused-ring (bicyclic) bond motifs is 1. The molecule has 2 rings (SSSR count). The molecule has 3 amide bonds. The van der Waals surface area contributed by atoms with Gasteiger partial charge in [-0.15, -0.1) is 0 Å². The Bertz CT molecular complexity index is 874. The molecule has 41 heavy (non-hydrogen) atoms. The number of unbranched alkanes of at least 4 members (excludes halogenated alkanes) is 1. The SMILES string of the molecule is CC(=O)OCC(COP(=O)([O-])OCCNC(=O)CCCCC1SC[C@@H]2NC(=O)N[C@H]12)OC(C)=O.CC[NH+](CC)CC. The lowest BCUT2D eigenvalue weighted by molar-refractivity contribution is -0.894. The number of rotatable bonds is 18. The van der Waals surface area contributed by atoms with E-state index in [9.17, 15) is 28.6 Å². The third kappa shape index (κ3) is 16.4. The number of nitrogens with one attached hydrogen (secondary N) is 4. The highest BCUT2D eigenvalue weighted by Crippen LogP contribution is 2.38. The number of ether oxygens (including phenoxy) is 2. The summed E-state index contributed by atoms with van der Waals surface area (Å²) in [5.41, 5.74) is 0. The summed E-state index contributed by atoms with van der Waals surface area (Å²) >= 11 is 1.82. The van der Waals surface area contributed by atoms with E-state index in [4.69, 9.17) is 4.74 Å². The molecule has 5 atom stereocenters. The summed E-state index contributed by atoms with van der Waals surface area (Å²) in [6, 6.07) is 0.189. The van der Waals surface area contributed by atoms with Crippen LogP contribution in [-0.2, 0) is 37.5 Å². The number of phosphoric ester groups is 1. The molecule has 0 aromatic carbocycles. The summed E-state index contributed by atoms with van der Waals surface area (Å²) in [5.74, 6) is -0.661. The lowest BCUT2D eigenvalue weighted by atomic mass is 10.0. The van der Waals surface area contributed by atoms with Crippen LogP contribution in [0.2, 0.25) is 0 Å². The van der Waals surface area contributed by atoms with Crippen molar-refractivity contribution in [1.29, 1.82) is 0 Å². The molecule has 16 heteroatoms. The number of carbonyl (C=O) groups excluding carboxylic acids is 4. The predicted octanol–water partition coefficient (Wildman–Crippen LogP) is -0.244. The van der Waals surface area contributed by atoms with Crippen LogP contribution in [0.4, 0.5) is 4.79 Å². The molecule has 14 nitrogen and oxygen atoms in total. The Morgan fingerprint density at radius 3 is 2.34 bits per heavy atom. The fraction of sp³-hybridized carbons (Fsp3) is 0.840. The van der Waals surface area contributed by atoms with Crippen LogP contribution in [0, 0.1) is 0 Å². The zero-order chi connectivity index (χ0) is 30.8. The van der Waals surface area contributed by atoms with Crippen molar-refractivity contribution in [3.8, 4) is 0 Å². The molecule has 2 fully saturated rings. The zero-order valence-corrected chi connectivity index (χ0v) is 26.4. The van der Waals surface area contributed by atoms with Gasteiger partial charge in [-0.05, 0) is 33.6 Å². The molecule has 4 N–H and O–H groups in total. The van der Waals surface area contributed by atoms with Crippen LogP contribution >= 0.6 is 19.6 Å². The minimum atomic E-state index is -4.72. The fourth-order valence-corrected chi connectivity index (χ4v) is 6.52. The number of phosphoric acid groups is 1. The summed E-state index contributed by atoms with van der Waals surface area (Å²) in [6.45, 7) is 11.4. The van der Waals surface area contributed by atoms with Crippen LogP contribution in [0.5, 0.6) is 0 Å². The summed E-state index contributed by atoms with van der Waals surface area (Å²) in [6.07, 6.45) is 1.59. The van der Waals surface area contributed by atoms with Gasteiger partial charge in [0.2, 0.25) is 5.91 Å². The van der Waals surface area contributed by atoms with Crippen LogP contribution in [0.25, 0.3) is 0 Å². The van der Waals surface area contributed by atoms with Crippen molar-refractivity contribution in [1.82, 2.24) is 16.0 Å². The topological polar surface area (TPSA) is 186 Å². The average molecular weight is 627 g/mol. The van der Waals surface area contributed by atoms with Gasteiger partial charge in [0.1, 0.15) is 6.61 Å². The van der Waals surface area contributed by atoms with E-state index in [1.54, 1.807) is 4.90 Å². The van der Waals surface area contributed by atoms with Crippen LogP contribution in [0.3, 0.4) is 0 Å². The molecule has 0 saturated carbocycles. The van der Waals surface area contributed by atoms with Gasteiger partial charge in [0, 0.05) is 37.8 Å². The summed E-state index contributed by atoms with van der Waals surface area (Å²) in [4.78, 5) is 58.7. The maximum Gasteiger partial charge on any atom is 0.315 e. The van der Waals surface area contributed by atoms with Gasteiger partial charge in [0.05, 0.1) is 44.9 Å². The second kappa shape index (κ2) is 20.1. The molecule has 238 valence electrons. The van der Waals surface area contributed by atoms with E-state index in [0.717, 1.165) is 32.4 Å². The molecule has 2 aliphatic rings. The van der Waals surface area contributed by atoms with E-state index in [1.807, 2.05) is 11.8 Å². The number of esters is 2. The zero-order valence-electron chi connectivity index (χ0n) is 24.7. The van der Waals surface area contributed by atoms with Crippen molar-refractivity contribution in [2.45, 2.75) is 83.7 Å². The van der Waals surface area contributed by atoms with Gasteiger partial charge in [0.15, 0.2) is 6.10 Å². The van der Waals surface area contributed by atoms with E-state index in [2.05, 4.69) is 50.5 Å². The number of quaternary nitrogens is 1. The first kappa shape index (κ1) is 37.1. The third-order valence-electron chi connectivity index (χ3n) is 6.48. The van der Waals surface area contributed by atoms with Crippen molar-refractivity contribution >= 4 is 43.5 Å². The van der Waals surface area contributed by atoms with E-state index < -0.39 is 32.5 Å². The molecule has 2 saturated heterocycles. The highest BCUT2D eigenvalue weighted by atomic mass is 32.2. The van der Waals surface area contributed by atoms with Gasteiger partial charge in [-0.1, -0.05) is 6.42 Å². The van der Waals surface area contributed by atoms with Crippen LogP contribution in [0.15, 0.2) is 0 Å². The Labute approximate surface area is 246 Å². The molecule has 0 radical (unpaired) electrons. The first-order chi connectivity index (χ1) is 19.4. The standard InChI is InChI=1S/C19H32N3O10PS.C6H15N/c1-12(23)29-9-14(32-13(2)24)10-31-33(27,28)30-8-7-20-17(25)6-4-3-5-16-18-15(11-34-16)21-19(26)22-18;1-4-7(5-2)6-3/h14-16,18H,3-11H2,1-2H3,(H,20,25)(H,27,28)(H2,21,22,26);4-6H2,1-3H3/t14?,15-,16?,18-;/m0./s1. The molecule has 0 bridgehead atoms. The van der Waals surface area contributed by atoms with Crippen molar-refractivity contribution in [2.75, 3.05) is 51.8 Å². The van der Waals surface area contributed by atoms with Gasteiger partial charge in [0.25, 0.3) is 7.82 Å². The first-order valence-corrected chi connectivity index (χ1v) is 16.6. The molecule has 2 heterocycles. The number of amides is 3. The summed E-state index contributed by atoms with van der Waals surface area (Å²) in [7, 11) is -4.72. The normalized spacial score (nSPS) is 21.4. The van der Waals surface area contributed by atoms with Crippen LogP contribution in [0.1, 0.15) is 60.3 Å². The smallest absolute Gasteiger partial charge is 0.315 e. The first-order valence-electron chi connectivity index (χ1n) is 14.1. The molecule has 3 unspecified atom stereocenters. The second-order valence-electron chi connectivity index (χ2n) is 9.64. The van der Waals surface area contributed by atoms with Crippen LogP contribution in [-0.4, -0.2) is 99.1 Å². The quantitative estimate of drug-likeness (QED) is 0.0681. The van der Waals surface area contributed by atoms with Gasteiger partial charge in [-0.3, -0.25) is 18.9 Å². The van der Waals surface area contributed by atoms with Gasteiger partial charge < -0.3 is 44.3 Å². The molecule has 0 aromatic rings. The number of urea groups is 1. The molecule has 2 aliphatic heterocycles. The van der Waals surface area contributed by atoms with Crippen molar-refractivity contribution < 1.29 is 52.1 Å². The van der Waals surface area contributed by atoms with E-state index in [1.165, 1.54) is 19.6 Å². The van der Waals surface area contributed by atoms with Crippen molar-refractivity contribution in [3.05, 3.63) is 0 Å². The minimum absolute atomic E-state index is 0.0326. The van der Waals surface area contributed by atoms with E-state index in [-0.39, 0.29) is 43.8 Å². The Hall–Kier alpha value is -1.90. The largest absolute Gasteiger partial charge is 0.756 e. The van der Waals surface area contributed by atoms with E-state index >= 15 is 0 Å². The van der Waals surface area contributed by atoms with Crippen molar-refractivity contribution in [3.63, 3.8) is 0 Å². The molecule has 0 aromatic heterocycles. The lowest BCUT2D eigenvalue weighted by Gasteiger charge is -2.25. The van der Waals surface area contributed by atoms with Gasteiger partial charge >= 0.3 is 18.0 Å². The highest BCUT2D eigenvalue weighted by Gasteiger charge is 2.42. The molecule has 0 aliphatic carbocycles. The number of carbonyl (C=O) groups is 4. The molecule has 0 spiro atoms. The monoisotopic (exact) mass is 626 g/mol. The second-order valence-corrected chi connectivity index (χ2v) is 12.3. The Morgan fingerprint density at radius 1 is 1.07 bits per heavy atom. The molecular formula is C25H47N4O10PS. The number of hydrogen-bond donors (Lipinski definition) is 4. The number of hydrogen-bond acceptors (Lipinski definition) is 11. The maximum atomic E-state index is 11.9. The van der Waals surface area contributed by atoms with Crippen molar-refractivity contribution in [2.24, 2.45) is 0 Å². The fourth-order valence-electron chi connectivity index (χ4n) is 4.23. The Kier molecular flexibility index (Phi) is 18.2. The Balaban J connectivity index is 0.00000106. The number of thioether (sulfide) groups is 1.